The highest BCUT2D eigenvalue weighted by Gasteiger charge is 2.15. The minimum Gasteiger partial charge on any atom is -0.325 e. The van der Waals surface area contributed by atoms with E-state index < -0.39 is 0 Å². The molecule has 2 aromatic carbocycles. The second kappa shape index (κ2) is 8.55. The van der Waals surface area contributed by atoms with E-state index in [4.69, 9.17) is 12.2 Å². The van der Waals surface area contributed by atoms with Crippen molar-refractivity contribution >= 4 is 57.3 Å². The predicted octanol–water partition coefficient (Wildman–Crippen LogP) is 4.85. The Labute approximate surface area is 186 Å². The largest absolute Gasteiger partial charge is 0.325 e. The summed E-state index contributed by atoms with van der Waals surface area (Å²) in [6.45, 7) is 3.92. The molecule has 0 unspecified atom stereocenters. The third kappa shape index (κ3) is 4.09. The van der Waals surface area contributed by atoms with E-state index in [1.807, 2.05) is 66.9 Å². The zero-order chi connectivity index (χ0) is 21.3. The maximum absolute atomic E-state index is 12.6. The van der Waals surface area contributed by atoms with Gasteiger partial charge in [0, 0.05) is 5.69 Å². The SMILES string of the molecule is Cc1ccccc1NC(=O)CSc1nc2c(sc(=S)n2-c2ccccc2C)c(=O)[nH]1. The molecular weight excluding hydrogens is 436 g/mol. The zero-order valence-corrected chi connectivity index (χ0v) is 18.7. The number of amides is 1. The van der Waals surface area contributed by atoms with E-state index in [0.717, 1.165) is 22.5 Å². The van der Waals surface area contributed by atoms with E-state index in [1.54, 1.807) is 0 Å². The van der Waals surface area contributed by atoms with Crippen molar-refractivity contribution < 1.29 is 4.79 Å². The average Bonchev–Trinajstić information content (AvgIpc) is 3.05. The Morgan fingerprint density at radius 2 is 1.87 bits per heavy atom. The molecule has 0 fully saturated rings. The van der Waals surface area contributed by atoms with Crippen molar-refractivity contribution in [3.8, 4) is 5.69 Å². The van der Waals surface area contributed by atoms with Crippen LogP contribution in [0.5, 0.6) is 0 Å². The number of para-hydroxylation sites is 2. The van der Waals surface area contributed by atoms with Gasteiger partial charge in [-0.05, 0) is 49.3 Å². The Balaban J connectivity index is 1.63. The Kier molecular flexibility index (Phi) is 5.85. The van der Waals surface area contributed by atoms with E-state index in [0.29, 0.717) is 19.5 Å². The number of fused-ring (bicyclic) bond motifs is 1. The van der Waals surface area contributed by atoms with Gasteiger partial charge in [-0.3, -0.25) is 14.2 Å². The smallest absolute Gasteiger partial charge is 0.271 e. The van der Waals surface area contributed by atoms with Crippen LogP contribution in [0.1, 0.15) is 11.1 Å². The second-order valence-electron chi connectivity index (χ2n) is 6.67. The summed E-state index contributed by atoms with van der Waals surface area (Å²) in [7, 11) is 0. The number of aryl methyl sites for hydroxylation is 2. The maximum atomic E-state index is 12.6. The summed E-state index contributed by atoms with van der Waals surface area (Å²) in [5.41, 5.74) is 3.92. The van der Waals surface area contributed by atoms with Crippen LogP contribution in [0, 0.1) is 17.8 Å². The molecule has 0 aliphatic heterocycles. The fourth-order valence-electron chi connectivity index (χ4n) is 3.02. The highest BCUT2D eigenvalue weighted by atomic mass is 32.2. The van der Waals surface area contributed by atoms with Gasteiger partial charge < -0.3 is 10.3 Å². The van der Waals surface area contributed by atoms with Gasteiger partial charge in [-0.2, -0.15) is 0 Å². The standard InChI is InChI=1S/C21H18N4O2S3/c1-12-7-3-5-9-14(12)22-16(26)11-29-20-23-18-17(19(27)24-20)30-21(28)25(18)15-10-6-4-8-13(15)2/h3-10H,11H2,1-2H3,(H,22,26)(H,23,24,27). The van der Waals surface area contributed by atoms with Crippen molar-refractivity contribution in [2.45, 2.75) is 19.0 Å². The number of H-pyrrole nitrogens is 1. The quantitative estimate of drug-likeness (QED) is 0.256. The number of thioether (sulfide) groups is 1. The molecule has 6 nitrogen and oxygen atoms in total. The van der Waals surface area contributed by atoms with Crippen LogP contribution < -0.4 is 10.9 Å². The Morgan fingerprint density at radius 1 is 1.17 bits per heavy atom. The second-order valence-corrected chi connectivity index (χ2v) is 9.27. The number of thiazole rings is 1. The number of nitrogens with one attached hydrogen (secondary N) is 2. The number of hydrogen-bond donors (Lipinski definition) is 2. The first-order valence-corrected chi connectivity index (χ1v) is 11.4. The molecule has 9 heteroatoms. The van der Waals surface area contributed by atoms with Crippen LogP contribution in [0.25, 0.3) is 16.0 Å². The van der Waals surface area contributed by atoms with Gasteiger partial charge in [0.2, 0.25) is 5.91 Å². The third-order valence-corrected chi connectivity index (χ3v) is 6.77. The Bertz CT molecular complexity index is 1370. The topological polar surface area (TPSA) is 79.8 Å². The van der Waals surface area contributed by atoms with Gasteiger partial charge in [-0.15, -0.1) is 0 Å². The van der Waals surface area contributed by atoms with Crippen LogP contribution in [-0.2, 0) is 4.79 Å². The molecule has 2 heterocycles. The molecule has 0 spiro atoms. The average molecular weight is 455 g/mol. The predicted molar refractivity (Wildman–Crippen MR) is 126 cm³/mol. The van der Waals surface area contributed by atoms with Crippen LogP contribution in [-0.4, -0.2) is 26.2 Å². The van der Waals surface area contributed by atoms with E-state index in [9.17, 15) is 9.59 Å². The maximum Gasteiger partial charge on any atom is 0.271 e. The lowest BCUT2D eigenvalue weighted by Gasteiger charge is -2.09. The number of nitrogens with zero attached hydrogens (tertiary/aromatic N) is 2. The number of carbonyl (C=O) groups is 1. The lowest BCUT2D eigenvalue weighted by atomic mass is 10.2. The number of anilines is 1. The fourth-order valence-corrected chi connectivity index (χ4v) is 4.94. The van der Waals surface area contributed by atoms with Crippen molar-refractivity contribution in [1.29, 1.82) is 0 Å². The summed E-state index contributed by atoms with van der Waals surface area (Å²) in [4.78, 5) is 32.3. The minimum absolute atomic E-state index is 0.123. The molecule has 0 bridgehead atoms. The first kappa shape index (κ1) is 20.5. The summed E-state index contributed by atoms with van der Waals surface area (Å²) < 4.78 is 2.84. The van der Waals surface area contributed by atoms with Crippen molar-refractivity contribution in [2.75, 3.05) is 11.1 Å². The van der Waals surface area contributed by atoms with Crippen LogP contribution >= 0.6 is 35.3 Å². The lowest BCUT2D eigenvalue weighted by molar-refractivity contribution is -0.113. The summed E-state index contributed by atoms with van der Waals surface area (Å²) in [6, 6.07) is 15.4. The van der Waals surface area contributed by atoms with E-state index in [-0.39, 0.29) is 17.2 Å². The molecule has 4 rings (SSSR count). The molecule has 0 aliphatic carbocycles. The molecule has 0 aliphatic rings. The van der Waals surface area contributed by atoms with Crippen LogP contribution in [0.15, 0.2) is 58.5 Å². The van der Waals surface area contributed by atoms with Crippen molar-refractivity contribution in [2.24, 2.45) is 0 Å². The summed E-state index contributed by atoms with van der Waals surface area (Å²) in [6.07, 6.45) is 0. The van der Waals surface area contributed by atoms with Gasteiger partial charge in [0.25, 0.3) is 5.56 Å². The van der Waals surface area contributed by atoms with Gasteiger partial charge in [0.05, 0.1) is 11.4 Å². The molecule has 2 N–H and O–H groups in total. The number of rotatable bonds is 5. The minimum atomic E-state index is -0.259. The highest BCUT2D eigenvalue weighted by Crippen LogP contribution is 2.26. The molecule has 0 saturated carbocycles. The molecule has 0 radical (unpaired) electrons. The number of aromatic amines is 1. The number of carbonyl (C=O) groups excluding carboxylic acids is 1. The Morgan fingerprint density at radius 3 is 2.60 bits per heavy atom. The molecule has 4 aromatic rings. The van der Waals surface area contributed by atoms with Crippen LogP contribution in [0.3, 0.4) is 0 Å². The molecule has 0 atom stereocenters. The van der Waals surface area contributed by atoms with E-state index in [1.165, 1.54) is 23.1 Å². The van der Waals surface area contributed by atoms with Crippen molar-refractivity contribution in [1.82, 2.24) is 14.5 Å². The lowest BCUT2D eigenvalue weighted by Crippen LogP contribution is -2.16. The monoisotopic (exact) mass is 454 g/mol. The molecule has 30 heavy (non-hydrogen) atoms. The molecule has 1 amide bonds. The first-order chi connectivity index (χ1) is 14.4. The number of hydrogen-bond acceptors (Lipinski definition) is 6. The zero-order valence-electron chi connectivity index (χ0n) is 16.3. The Hall–Kier alpha value is -2.75. The van der Waals surface area contributed by atoms with Gasteiger partial charge in [-0.25, -0.2) is 4.98 Å². The van der Waals surface area contributed by atoms with E-state index >= 15 is 0 Å². The molecular formula is C21H18N4O2S3. The first-order valence-electron chi connectivity index (χ1n) is 9.14. The third-order valence-electron chi connectivity index (χ3n) is 4.54. The molecule has 152 valence electrons. The fraction of sp³-hybridized carbons (Fsp3) is 0.143. The van der Waals surface area contributed by atoms with Gasteiger partial charge in [0.15, 0.2) is 14.8 Å². The number of aromatic nitrogens is 3. The number of benzene rings is 2. The molecule has 0 saturated heterocycles. The summed E-state index contributed by atoms with van der Waals surface area (Å²) in [5, 5.41) is 3.26. The highest BCUT2D eigenvalue weighted by molar-refractivity contribution is 7.99. The van der Waals surface area contributed by atoms with Crippen molar-refractivity contribution in [3.05, 3.63) is 74.0 Å². The summed E-state index contributed by atoms with van der Waals surface area (Å²) in [5.74, 6) is -0.0454. The summed E-state index contributed by atoms with van der Waals surface area (Å²) >= 11 is 7.91. The molecule has 2 aromatic heterocycles. The van der Waals surface area contributed by atoms with Gasteiger partial charge in [-0.1, -0.05) is 59.5 Å². The normalized spacial score (nSPS) is 11.0. The van der Waals surface area contributed by atoms with Gasteiger partial charge >= 0.3 is 0 Å². The van der Waals surface area contributed by atoms with Crippen LogP contribution in [0.4, 0.5) is 5.69 Å². The van der Waals surface area contributed by atoms with Crippen LogP contribution in [0.2, 0.25) is 0 Å². The van der Waals surface area contributed by atoms with Gasteiger partial charge in [0.1, 0.15) is 4.70 Å². The van der Waals surface area contributed by atoms with Crippen molar-refractivity contribution in [3.63, 3.8) is 0 Å². The van der Waals surface area contributed by atoms with E-state index in [2.05, 4.69) is 15.3 Å².